The minimum Gasteiger partial charge on any atom is -0.491 e. The molecule has 1 saturated heterocycles. The number of ether oxygens (including phenoxy) is 1. The van der Waals surface area contributed by atoms with Crippen LogP contribution in [0.2, 0.25) is 0 Å². The van der Waals surface area contributed by atoms with E-state index in [4.69, 9.17) is 4.74 Å². The molecule has 0 saturated carbocycles. The first kappa shape index (κ1) is 24.2. The van der Waals surface area contributed by atoms with Crippen LogP contribution in [0.1, 0.15) is 31.7 Å². The summed E-state index contributed by atoms with van der Waals surface area (Å²) in [5.41, 5.74) is 1.11. The molecule has 8 heteroatoms. The van der Waals surface area contributed by atoms with Gasteiger partial charge in [0.05, 0.1) is 13.1 Å². The highest BCUT2D eigenvalue weighted by atomic mass is 127. The number of nitrogens with zero attached hydrogens (tertiary/aromatic N) is 3. The lowest BCUT2D eigenvalue weighted by molar-refractivity contribution is -0.147. The highest BCUT2D eigenvalue weighted by Gasteiger charge is 2.25. The van der Waals surface area contributed by atoms with Crippen molar-refractivity contribution in [1.29, 1.82) is 0 Å². The van der Waals surface area contributed by atoms with E-state index in [9.17, 15) is 9.59 Å². The Morgan fingerprint density at radius 2 is 1.93 bits per heavy atom. The summed E-state index contributed by atoms with van der Waals surface area (Å²) in [5, 5.41) is 3.23. The number of likely N-dealkylation sites (N-methyl/N-ethyl adjacent to an activating group) is 1. The summed E-state index contributed by atoms with van der Waals surface area (Å²) >= 11 is 0. The average molecular weight is 502 g/mol. The molecule has 2 rings (SSSR count). The zero-order valence-electron chi connectivity index (χ0n) is 16.9. The minimum atomic E-state index is -0.0913. The van der Waals surface area contributed by atoms with E-state index in [2.05, 4.69) is 10.3 Å². The van der Waals surface area contributed by atoms with E-state index < -0.39 is 0 Å². The SMILES string of the molecule is CCNC(=NCCN1C(=O)CCCC1=O)N(C)CCOc1ccccc1C.I. The molecule has 156 valence electrons. The van der Waals surface area contributed by atoms with Crippen LogP contribution in [-0.4, -0.2) is 67.4 Å². The predicted octanol–water partition coefficient (Wildman–Crippen LogP) is 2.43. The van der Waals surface area contributed by atoms with E-state index in [-0.39, 0.29) is 35.8 Å². The molecule has 1 fully saturated rings. The molecule has 0 bridgehead atoms. The molecule has 2 amide bonds. The van der Waals surface area contributed by atoms with Gasteiger partial charge in [-0.15, -0.1) is 24.0 Å². The maximum Gasteiger partial charge on any atom is 0.229 e. The van der Waals surface area contributed by atoms with Gasteiger partial charge in [0, 0.05) is 33.0 Å². The van der Waals surface area contributed by atoms with Crippen molar-refractivity contribution in [3.05, 3.63) is 29.8 Å². The maximum atomic E-state index is 11.9. The Labute approximate surface area is 184 Å². The number of amides is 2. The summed E-state index contributed by atoms with van der Waals surface area (Å²) in [6.45, 7) is 6.70. The number of aryl methyl sites for hydroxylation is 1. The van der Waals surface area contributed by atoms with Crippen LogP contribution in [0, 0.1) is 6.92 Å². The van der Waals surface area contributed by atoms with E-state index in [0.29, 0.717) is 45.5 Å². The van der Waals surface area contributed by atoms with E-state index >= 15 is 0 Å². The quantitative estimate of drug-likeness (QED) is 0.256. The van der Waals surface area contributed by atoms with Crippen molar-refractivity contribution < 1.29 is 14.3 Å². The lowest BCUT2D eigenvalue weighted by Gasteiger charge is -2.25. The Hall–Kier alpha value is -1.84. The number of carbonyl (C=O) groups excluding carboxylic acids is 2. The average Bonchev–Trinajstić information content (AvgIpc) is 2.64. The summed E-state index contributed by atoms with van der Waals surface area (Å²) in [6, 6.07) is 7.93. The van der Waals surface area contributed by atoms with Gasteiger partial charge in [-0.1, -0.05) is 18.2 Å². The molecule has 28 heavy (non-hydrogen) atoms. The number of guanidine groups is 1. The van der Waals surface area contributed by atoms with Crippen LogP contribution in [0.4, 0.5) is 0 Å². The van der Waals surface area contributed by atoms with Gasteiger partial charge in [0.15, 0.2) is 5.96 Å². The number of aliphatic imine (C=N–C) groups is 1. The molecule has 0 spiro atoms. The number of benzene rings is 1. The number of carbonyl (C=O) groups is 2. The van der Waals surface area contributed by atoms with Crippen LogP contribution in [0.15, 0.2) is 29.3 Å². The molecule has 1 aromatic rings. The second kappa shape index (κ2) is 12.6. The van der Waals surface area contributed by atoms with Crippen molar-refractivity contribution in [2.24, 2.45) is 4.99 Å². The van der Waals surface area contributed by atoms with Crippen LogP contribution < -0.4 is 10.1 Å². The first-order valence-corrected chi connectivity index (χ1v) is 9.54. The molecule has 1 aliphatic rings. The second-order valence-corrected chi connectivity index (χ2v) is 6.56. The molecule has 1 N–H and O–H groups in total. The van der Waals surface area contributed by atoms with Crippen LogP contribution >= 0.6 is 24.0 Å². The molecule has 0 radical (unpaired) electrons. The van der Waals surface area contributed by atoms with Crippen molar-refractivity contribution in [3.8, 4) is 5.75 Å². The van der Waals surface area contributed by atoms with Crippen molar-refractivity contribution in [2.45, 2.75) is 33.1 Å². The fraction of sp³-hybridized carbons (Fsp3) is 0.550. The highest BCUT2D eigenvalue weighted by molar-refractivity contribution is 14.0. The standard InChI is InChI=1S/C20H30N4O3.HI/c1-4-21-20(22-12-13-24-18(25)10-7-11-19(24)26)23(3)14-15-27-17-9-6-5-8-16(17)2;/h5-6,8-9H,4,7,10-15H2,1-3H3,(H,21,22);1H. The Morgan fingerprint density at radius 1 is 1.25 bits per heavy atom. The molecular formula is C20H31IN4O3. The summed E-state index contributed by atoms with van der Waals surface area (Å²) in [4.78, 5) is 31.6. The summed E-state index contributed by atoms with van der Waals surface area (Å²) < 4.78 is 5.84. The number of rotatable bonds is 8. The molecule has 0 unspecified atom stereocenters. The number of piperidine rings is 1. The maximum absolute atomic E-state index is 11.9. The Balaban J connectivity index is 0.00000392. The topological polar surface area (TPSA) is 74.2 Å². The summed E-state index contributed by atoms with van der Waals surface area (Å²) in [6.07, 6.45) is 1.56. The molecule has 0 atom stereocenters. The first-order chi connectivity index (χ1) is 13.0. The van der Waals surface area contributed by atoms with E-state index in [1.165, 1.54) is 4.90 Å². The van der Waals surface area contributed by atoms with Crippen molar-refractivity contribution in [1.82, 2.24) is 15.1 Å². The van der Waals surface area contributed by atoms with Crippen LogP contribution in [0.5, 0.6) is 5.75 Å². The zero-order valence-corrected chi connectivity index (χ0v) is 19.3. The zero-order chi connectivity index (χ0) is 19.6. The third-order valence-electron chi connectivity index (χ3n) is 4.44. The predicted molar refractivity (Wildman–Crippen MR) is 121 cm³/mol. The van der Waals surface area contributed by atoms with Gasteiger partial charge in [-0.25, -0.2) is 0 Å². The fourth-order valence-corrected chi connectivity index (χ4v) is 2.89. The molecular weight excluding hydrogens is 471 g/mol. The van der Waals surface area contributed by atoms with Gasteiger partial charge in [-0.2, -0.15) is 0 Å². The van der Waals surface area contributed by atoms with Gasteiger partial charge in [0.25, 0.3) is 0 Å². The largest absolute Gasteiger partial charge is 0.491 e. The first-order valence-electron chi connectivity index (χ1n) is 9.54. The molecule has 1 aromatic carbocycles. The Morgan fingerprint density at radius 3 is 2.57 bits per heavy atom. The molecule has 7 nitrogen and oxygen atoms in total. The molecule has 1 heterocycles. The lowest BCUT2D eigenvalue weighted by atomic mass is 10.1. The van der Waals surface area contributed by atoms with Gasteiger partial charge in [-0.3, -0.25) is 19.5 Å². The van der Waals surface area contributed by atoms with Crippen molar-refractivity contribution in [3.63, 3.8) is 0 Å². The lowest BCUT2D eigenvalue weighted by Crippen LogP contribution is -2.43. The van der Waals surface area contributed by atoms with Crippen LogP contribution in [-0.2, 0) is 9.59 Å². The third-order valence-corrected chi connectivity index (χ3v) is 4.44. The number of para-hydroxylation sites is 1. The number of halogens is 1. The van der Waals surface area contributed by atoms with Gasteiger partial charge >= 0.3 is 0 Å². The van der Waals surface area contributed by atoms with Gasteiger partial charge < -0.3 is 15.0 Å². The van der Waals surface area contributed by atoms with E-state index in [0.717, 1.165) is 23.8 Å². The van der Waals surface area contributed by atoms with Gasteiger partial charge in [0.1, 0.15) is 12.4 Å². The Kier molecular flexibility index (Phi) is 10.9. The summed E-state index contributed by atoms with van der Waals surface area (Å²) in [7, 11) is 1.94. The number of hydrogen-bond acceptors (Lipinski definition) is 4. The number of hydrogen-bond donors (Lipinski definition) is 1. The monoisotopic (exact) mass is 502 g/mol. The van der Waals surface area contributed by atoms with Crippen molar-refractivity contribution in [2.75, 3.05) is 39.8 Å². The number of imide groups is 1. The smallest absolute Gasteiger partial charge is 0.229 e. The number of nitrogens with one attached hydrogen (secondary N) is 1. The fourth-order valence-electron chi connectivity index (χ4n) is 2.89. The van der Waals surface area contributed by atoms with Gasteiger partial charge in [-0.05, 0) is 31.9 Å². The van der Waals surface area contributed by atoms with Gasteiger partial charge in [0.2, 0.25) is 11.8 Å². The summed E-state index contributed by atoms with van der Waals surface area (Å²) in [5.74, 6) is 1.44. The minimum absolute atomic E-state index is 0. The second-order valence-electron chi connectivity index (χ2n) is 6.56. The number of likely N-dealkylation sites (tertiary alicyclic amines) is 1. The normalized spacial score (nSPS) is 14.5. The van der Waals surface area contributed by atoms with E-state index in [1.807, 2.05) is 50.1 Å². The Bertz CT molecular complexity index is 665. The third kappa shape index (κ3) is 7.29. The molecule has 0 aromatic heterocycles. The molecule has 1 aliphatic heterocycles. The van der Waals surface area contributed by atoms with E-state index in [1.54, 1.807) is 0 Å². The van der Waals surface area contributed by atoms with Crippen LogP contribution in [0.3, 0.4) is 0 Å². The van der Waals surface area contributed by atoms with Crippen molar-refractivity contribution >= 4 is 41.8 Å². The van der Waals surface area contributed by atoms with Crippen LogP contribution in [0.25, 0.3) is 0 Å². The highest BCUT2D eigenvalue weighted by Crippen LogP contribution is 2.15. The molecule has 0 aliphatic carbocycles.